The largest absolute Gasteiger partial charge is 0.474 e. The van der Waals surface area contributed by atoms with Crippen LogP contribution in [-0.4, -0.2) is 65.4 Å². The Bertz CT molecular complexity index is 1270. The molecule has 1 aliphatic heterocycles. The van der Waals surface area contributed by atoms with Crippen LogP contribution < -0.4 is 15.0 Å². The number of likely N-dealkylation sites (N-methyl/N-ethyl adjacent to an activating group) is 1. The number of fused-ring (bicyclic) bond motifs is 2. The molecule has 5 rings (SSSR count). The van der Waals surface area contributed by atoms with Crippen LogP contribution in [0.4, 0.5) is 5.82 Å². The predicted molar refractivity (Wildman–Crippen MR) is 118 cm³/mol. The number of anilines is 1. The van der Waals surface area contributed by atoms with Crippen molar-refractivity contribution < 1.29 is 18.7 Å². The normalized spacial score (nSPS) is 16.1. The fraction of sp³-hybridized carbons (Fsp3) is 0.364. The second kappa shape index (κ2) is 8.46. The molecular weight excluding hydrogens is 412 g/mol. The van der Waals surface area contributed by atoms with E-state index < -0.39 is 0 Å². The van der Waals surface area contributed by atoms with Crippen LogP contribution in [0.15, 0.2) is 41.1 Å². The number of methoxy groups -OCH3 is 1. The zero-order valence-electron chi connectivity index (χ0n) is 17.9. The van der Waals surface area contributed by atoms with Gasteiger partial charge in [-0.3, -0.25) is 4.79 Å². The Labute approximate surface area is 184 Å². The predicted octanol–water partition coefficient (Wildman–Crippen LogP) is 2.28. The second-order valence-electron chi connectivity index (χ2n) is 7.77. The number of imidazole rings is 1. The van der Waals surface area contributed by atoms with Crippen molar-refractivity contribution in [1.82, 2.24) is 24.9 Å². The number of nitrogens with one attached hydrogen (secondary N) is 1. The maximum absolute atomic E-state index is 11.4. The summed E-state index contributed by atoms with van der Waals surface area (Å²) in [5.74, 6) is 1.97. The Morgan fingerprint density at radius 1 is 1.31 bits per heavy atom. The zero-order valence-corrected chi connectivity index (χ0v) is 17.9. The summed E-state index contributed by atoms with van der Waals surface area (Å²) in [6, 6.07) is 7.42. The number of carbonyl (C=O) groups excluding carboxylic acids is 1. The van der Waals surface area contributed by atoms with Crippen LogP contribution in [0, 0.1) is 0 Å². The molecule has 0 radical (unpaired) electrons. The highest BCUT2D eigenvalue weighted by molar-refractivity contribution is 5.91. The Morgan fingerprint density at radius 2 is 2.22 bits per heavy atom. The van der Waals surface area contributed by atoms with Crippen molar-refractivity contribution in [2.24, 2.45) is 0 Å². The van der Waals surface area contributed by atoms with Crippen molar-refractivity contribution >= 4 is 28.3 Å². The smallest absolute Gasteiger partial charge is 0.231 e. The monoisotopic (exact) mass is 436 g/mol. The van der Waals surface area contributed by atoms with E-state index in [0.717, 1.165) is 23.2 Å². The fourth-order valence-electron chi connectivity index (χ4n) is 3.80. The van der Waals surface area contributed by atoms with Gasteiger partial charge < -0.3 is 24.1 Å². The number of amides is 1. The molecule has 1 N–H and O–H groups in total. The van der Waals surface area contributed by atoms with E-state index in [-0.39, 0.29) is 11.9 Å². The third-order valence-corrected chi connectivity index (χ3v) is 5.52. The average Bonchev–Trinajstić information content (AvgIpc) is 3.52. The van der Waals surface area contributed by atoms with Gasteiger partial charge in [0, 0.05) is 39.4 Å². The van der Waals surface area contributed by atoms with Crippen molar-refractivity contribution in [2.45, 2.75) is 18.9 Å². The Hall–Kier alpha value is -3.66. The van der Waals surface area contributed by atoms with E-state index in [9.17, 15) is 4.79 Å². The van der Waals surface area contributed by atoms with Crippen molar-refractivity contribution in [3.63, 3.8) is 0 Å². The molecule has 1 aliphatic rings. The van der Waals surface area contributed by atoms with Gasteiger partial charge in [0.1, 0.15) is 23.7 Å². The van der Waals surface area contributed by atoms with Crippen molar-refractivity contribution in [3.05, 3.63) is 36.7 Å². The summed E-state index contributed by atoms with van der Waals surface area (Å²) in [5, 5.41) is 8.37. The van der Waals surface area contributed by atoms with Gasteiger partial charge in [-0.15, -0.1) is 5.10 Å². The summed E-state index contributed by atoms with van der Waals surface area (Å²) in [6.45, 7) is 1.69. The maximum Gasteiger partial charge on any atom is 0.231 e. The minimum absolute atomic E-state index is 0.0126. The standard InChI is InChI=1S/C22H24N6O4/c1-27(9-10-30-2)22-15-11-18(32-17(15)7-8-23-22)16-12-24-19-4-6-21(26-28(16)19)31-13-14-3-5-20(29)25-14/h4,6-8,11-12,14H,3,5,9-10,13H2,1-2H3,(H,25,29). The van der Waals surface area contributed by atoms with E-state index in [2.05, 4.69) is 20.4 Å². The van der Waals surface area contributed by atoms with E-state index in [4.69, 9.17) is 13.9 Å². The van der Waals surface area contributed by atoms with E-state index in [1.54, 1.807) is 30.1 Å². The van der Waals surface area contributed by atoms with Crippen LogP contribution in [0.5, 0.6) is 5.88 Å². The van der Waals surface area contributed by atoms with E-state index in [1.807, 2.05) is 30.1 Å². The molecule has 1 atom stereocenters. The minimum Gasteiger partial charge on any atom is -0.474 e. The SMILES string of the molecule is COCCN(C)c1nccc2oc(-c3cnc4ccc(OCC5CCC(=O)N5)nn34)cc12. The van der Waals surface area contributed by atoms with Crippen LogP contribution >= 0.6 is 0 Å². The maximum atomic E-state index is 11.4. The number of aromatic nitrogens is 4. The van der Waals surface area contributed by atoms with Crippen LogP contribution in [0.1, 0.15) is 12.8 Å². The molecule has 0 spiro atoms. The van der Waals surface area contributed by atoms with Crippen LogP contribution in [-0.2, 0) is 9.53 Å². The van der Waals surface area contributed by atoms with Crippen molar-refractivity contribution in [1.29, 1.82) is 0 Å². The molecule has 0 saturated carbocycles. The molecule has 1 amide bonds. The molecule has 10 heteroatoms. The Kier molecular flexibility index (Phi) is 5.36. The summed E-state index contributed by atoms with van der Waals surface area (Å²) < 4.78 is 18.8. The van der Waals surface area contributed by atoms with E-state index in [1.165, 1.54) is 0 Å². The van der Waals surface area contributed by atoms with E-state index in [0.29, 0.717) is 49.2 Å². The lowest BCUT2D eigenvalue weighted by Crippen LogP contribution is -2.31. The Balaban J connectivity index is 1.44. The van der Waals surface area contributed by atoms with Gasteiger partial charge in [0.25, 0.3) is 0 Å². The zero-order chi connectivity index (χ0) is 22.1. The van der Waals surface area contributed by atoms with Gasteiger partial charge in [-0.25, -0.2) is 14.5 Å². The molecule has 5 heterocycles. The van der Waals surface area contributed by atoms with Crippen molar-refractivity contribution in [3.8, 4) is 17.3 Å². The lowest BCUT2D eigenvalue weighted by Gasteiger charge is -2.17. The molecule has 0 aliphatic carbocycles. The lowest BCUT2D eigenvalue weighted by molar-refractivity contribution is -0.119. The van der Waals surface area contributed by atoms with Gasteiger partial charge in [-0.05, 0) is 24.6 Å². The summed E-state index contributed by atoms with van der Waals surface area (Å²) in [7, 11) is 3.65. The fourth-order valence-corrected chi connectivity index (χ4v) is 3.80. The summed E-state index contributed by atoms with van der Waals surface area (Å²) >= 11 is 0. The molecule has 10 nitrogen and oxygen atoms in total. The molecule has 166 valence electrons. The number of carbonyl (C=O) groups is 1. The van der Waals surface area contributed by atoms with Gasteiger partial charge in [0.05, 0.1) is 24.2 Å². The van der Waals surface area contributed by atoms with Crippen LogP contribution in [0.25, 0.3) is 28.1 Å². The molecule has 4 aromatic rings. The highest BCUT2D eigenvalue weighted by atomic mass is 16.5. The number of hydrogen-bond donors (Lipinski definition) is 1. The summed E-state index contributed by atoms with van der Waals surface area (Å²) in [6.07, 6.45) is 4.76. The molecular formula is C22H24N6O4. The second-order valence-corrected chi connectivity index (χ2v) is 7.77. The summed E-state index contributed by atoms with van der Waals surface area (Å²) in [5.41, 5.74) is 2.12. The number of hydrogen-bond acceptors (Lipinski definition) is 8. The third-order valence-electron chi connectivity index (χ3n) is 5.52. The first-order valence-electron chi connectivity index (χ1n) is 10.5. The van der Waals surface area contributed by atoms with Crippen LogP contribution in [0.3, 0.4) is 0 Å². The van der Waals surface area contributed by atoms with Crippen LogP contribution in [0.2, 0.25) is 0 Å². The van der Waals surface area contributed by atoms with Crippen molar-refractivity contribution in [2.75, 3.05) is 38.8 Å². The van der Waals surface area contributed by atoms with Gasteiger partial charge in [0.15, 0.2) is 11.4 Å². The van der Waals surface area contributed by atoms with E-state index >= 15 is 0 Å². The Morgan fingerprint density at radius 3 is 3.03 bits per heavy atom. The number of nitrogens with zero attached hydrogens (tertiary/aromatic N) is 5. The quantitative estimate of drug-likeness (QED) is 0.448. The topological polar surface area (TPSA) is 107 Å². The molecule has 32 heavy (non-hydrogen) atoms. The molecule has 1 fully saturated rings. The highest BCUT2D eigenvalue weighted by Gasteiger charge is 2.22. The first-order chi connectivity index (χ1) is 15.6. The van der Waals surface area contributed by atoms with Gasteiger partial charge in [-0.2, -0.15) is 0 Å². The number of rotatable bonds is 8. The number of pyridine rings is 1. The molecule has 0 aromatic carbocycles. The first-order valence-corrected chi connectivity index (χ1v) is 10.5. The lowest BCUT2D eigenvalue weighted by atomic mass is 10.2. The molecule has 0 bridgehead atoms. The van der Waals surface area contributed by atoms with Gasteiger partial charge >= 0.3 is 0 Å². The molecule has 4 aromatic heterocycles. The first kappa shape index (κ1) is 20.3. The van der Waals surface area contributed by atoms with Gasteiger partial charge in [0.2, 0.25) is 11.8 Å². The van der Waals surface area contributed by atoms with Gasteiger partial charge in [-0.1, -0.05) is 0 Å². The highest BCUT2D eigenvalue weighted by Crippen LogP contribution is 2.32. The average molecular weight is 436 g/mol. The summed E-state index contributed by atoms with van der Waals surface area (Å²) in [4.78, 5) is 22.4. The molecule has 1 unspecified atom stereocenters. The molecule has 1 saturated heterocycles. The number of furan rings is 1. The third kappa shape index (κ3) is 3.84. The minimum atomic E-state index is 0.0126. The number of ether oxygens (including phenoxy) is 2.